The van der Waals surface area contributed by atoms with Crippen molar-refractivity contribution < 1.29 is 14.0 Å². The number of amides is 2. The fraction of sp³-hybridized carbons (Fsp3) is 0.296. The van der Waals surface area contributed by atoms with Gasteiger partial charge in [0.2, 0.25) is 0 Å². The normalized spacial score (nSPS) is 13.4. The number of hydrogen-bond donors (Lipinski definition) is 3. The van der Waals surface area contributed by atoms with Crippen LogP contribution in [0.15, 0.2) is 59.5 Å². The first kappa shape index (κ1) is 27.6. The van der Waals surface area contributed by atoms with Gasteiger partial charge in [-0.1, -0.05) is 0 Å². The number of nitrogens with zero attached hydrogens (tertiary/aromatic N) is 3. The van der Waals surface area contributed by atoms with Crippen molar-refractivity contribution >= 4 is 51.6 Å². The third-order valence-corrected chi connectivity index (χ3v) is 6.51. The zero-order valence-electron chi connectivity index (χ0n) is 20.5. The molecule has 4 aromatic rings. The Kier molecular flexibility index (Phi) is 9.55. The molecule has 0 aliphatic carbocycles. The zero-order valence-corrected chi connectivity index (χ0v) is 21.3. The summed E-state index contributed by atoms with van der Waals surface area (Å²) in [6.07, 6.45) is 9.15. The van der Waals surface area contributed by atoms with E-state index in [0.29, 0.717) is 0 Å². The Morgan fingerprint density at radius 2 is 1.70 bits per heavy atom. The van der Waals surface area contributed by atoms with E-state index in [9.17, 15) is 9.59 Å². The van der Waals surface area contributed by atoms with Gasteiger partial charge in [0, 0.05) is 59.7 Å². The second kappa shape index (κ2) is 12.8. The highest BCUT2D eigenvalue weighted by Crippen LogP contribution is 2.24. The van der Waals surface area contributed by atoms with Gasteiger partial charge in [-0.25, -0.2) is 0 Å². The highest BCUT2D eigenvalue weighted by molar-refractivity contribution is 6.33. The molecule has 2 amide bonds. The van der Waals surface area contributed by atoms with E-state index in [4.69, 9.17) is 9.68 Å². The van der Waals surface area contributed by atoms with E-state index in [1.807, 2.05) is 24.5 Å². The van der Waals surface area contributed by atoms with Crippen LogP contribution in [-0.4, -0.2) is 54.4 Å². The van der Waals surface area contributed by atoms with Gasteiger partial charge in [0.05, 0.1) is 24.2 Å². The number of aryl methyl sites for hydroxylation is 1. The number of carbonyl (C=O) groups excluding carboxylic acids is 2. The van der Waals surface area contributed by atoms with Crippen molar-refractivity contribution in [2.45, 2.75) is 19.3 Å². The number of aromatic amines is 1. The lowest BCUT2D eigenvalue weighted by Crippen LogP contribution is -2.46. The minimum absolute atomic E-state index is 0. The number of piperazine rings is 1. The Morgan fingerprint density at radius 1 is 0.973 bits per heavy atom. The van der Waals surface area contributed by atoms with Gasteiger partial charge in [-0.05, 0) is 67.8 Å². The molecule has 194 valence electrons. The lowest BCUT2D eigenvalue weighted by Gasteiger charge is -2.36. The van der Waals surface area contributed by atoms with Crippen LogP contribution in [0.2, 0.25) is 0 Å². The molecule has 0 unspecified atom stereocenters. The van der Waals surface area contributed by atoms with Gasteiger partial charge in [0.15, 0.2) is 0 Å². The third-order valence-electron chi connectivity index (χ3n) is 6.51. The molecule has 3 heterocycles. The van der Waals surface area contributed by atoms with E-state index in [-0.39, 0.29) is 12.4 Å². The van der Waals surface area contributed by atoms with Gasteiger partial charge in [-0.15, -0.1) is 12.4 Å². The first-order valence-electron chi connectivity index (χ1n) is 12.0. The van der Waals surface area contributed by atoms with Crippen LogP contribution in [0.5, 0.6) is 0 Å². The Labute approximate surface area is 221 Å². The van der Waals surface area contributed by atoms with Crippen molar-refractivity contribution in [3.05, 3.63) is 66.2 Å². The summed E-state index contributed by atoms with van der Waals surface area (Å²) in [6, 6.07) is 14.7. The molecule has 1 saturated heterocycles. The average Bonchev–Trinajstić information content (AvgIpc) is 3.53. The van der Waals surface area contributed by atoms with Gasteiger partial charge in [0.1, 0.15) is 0 Å². The maximum Gasteiger partial charge on any atom is 0.306 e. The number of rotatable bonds is 6. The maximum atomic E-state index is 9.45. The van der Waals surface area contributed by atoms with E-state index in [1.165, 1.54) is 34.9 Å². The average molecular weight is 523 g/mol. The number of benzene rings is 2. The minimum atomic E-state index is -1.10. The van der Waals surface area contributed by atoms with E-state index >= 15 is 0 Å². The van der Waals surface area contributed by atoms with Crippen LogP contribution in [0.4, 0.5) is 5.69 Å². The molecular formula is C27H31ClN6O3. The van der Waals surface area contributed by atoms with Crippen molar-refractivity contribution in [2.75, 3.05) is 37.6 Å². The largest absolute Gasteiger partial charge is 0.471 e. The van der Waals surface area contributed by atoms with Crippen molar-refractivity contribution in [1.82, 2.24) is 9.88 Å². The molecule has 0 atom stereocenters. The molecule has 2 aromatic heterocycles. The van der Waals surface area contributed by atoms with Gasteiger partial charge < -0.3 is 25.8 Å². The number of fused-ring (bicyclic) bond motifs is 2. The Balaban J connectivity index is 0.000000489. The second-order valence-corrected chi connectivity index (χ2v) is 8.89. The van der Waals surface area contributed by atoms with E-state index in [0.717, 1.165) is 55.6 Å². The molecule has 1 aliphatic heterocycles. The number of nitrogens with two attached hydrogens (primary N) is 2. The molecular weight excluding hydrogens is 492 g/mol. The first-order valence-corrected chi connectivity index (χ1v) is 12.0. The summed E-state index contributed by atoms with van der Waals surface area (Å²) in [5.74, 6) is -2.20. The van der Waals surface area contributed by atoms with E-state index in [1.54, 1.807) is 6.26 Å². The van der Waals surface area contributed by atoms with E-state index in [2.05, 4.69) is 56.7 Å². The van der Waals surface area contributed by atoms with Gasteiger partial charge >= 0.3 is 11.8 Å². The number of nitriles is 1. The van der Waals surface area contributed by atoms with Gasteiger partial charge in [0.25, 0.3) is 0 Å². The number of carbonyl (C=O) groups is 2. The molecule has 1 fully saturated rings. The maximum absolute atomic E-state index is 9.45. The number of anilines is 1. The minimum Gasteiger partial charge on any atom is -0.471 e. The predicted molar refractivity (Wildman–Crippen MR) is 146 cm³/mol. The van der Waals surface area contributed by atoms with Crippen LogP contribution >= 0.6 is 12.4 Å². The molecule has 0 spiro atoms. The Hall–Kier alpha value is -4.00. The summed E-state index contributed by atoms with van der Waals surface area (Å²) in [7, 11) is 0. The monoisotopic (exact) mass is 522 g/mol. The highest BCUT2D eigenvalue weighted by Gasteiger charge is 2.17. The molecule has 0 bridgehead atoms. The summed E-state index contributed by atoms with van der Waals surface area (Å²) in [5.41, 5.74) is 13.1. The van der Waals surface area contributed by atoms with E-state index < -0.39 is 11.8 Å². The molecule has 0 saturated carbocycles. The summed E-state index contributed by atoms with van der Waals surface area (Å²) in [6.45, 7) is 5.52. The fourth-order valence-electron chi connectivity index (χ4n) is 4.48. The quantitative estimate of drug-likeness (QED) is 0.261. The van der Waals surface area contributed by atoms with Crippen molar-refractivity contribution in [2.24, 2.45) is 11.5 Å². The molecule has 10 heteroatoms. The first-order chi connectivity index (χ1) is 17.4. The third kappa shape index (κ3) is 7.03. The lowest BCUT2D eigenvalue weighted by molar-refractivity contribution is -0.135. The van der Waals surface area contributed by atoms with Crippen LogP contribution in [0.1, 0.15) is 24.0 Å². The van der Waals surface area contributed by atoms with Crippen molar-refractivity contribution in [3.63, 3.8) is 0 Å². The number of halogens is 1. The van der Waals surface area contributed by atoms with Crippen molar-refractivity contribution in [1.29, 1.82) is 5.26 Å². The highest BCUT2D eigenvalue weighted by atomic mass is 35.5. The topological polar surface area (TPSA) is 145 Å². The number of hydrogen-bond acceptors (Lipinski definition) is 6. The molecule has 9 nitrogen and oxygen atoms in total. The number of H-pyrrole nitrogens is 1. The molecule has 2 aromatic carbocycles. The number of primary amides is 2. The molecule has 1 aliphatic rings. The number of nitrogens with one attached hydrogen (secondary N) is 1. The number of unbranched alkanes of at least 4 members (excludes halogenated alkanes) is 1. The van der Waals surface area contributed by atoms with Gasteiger partial charge in [-0.2, -0.15) is 5.26 Å². The SMILES string of the molecule is Cl.N#Cc1ccc2[nH]cc(CCCCN3CCN(c4ccc5cocc5c4)CC3)c2c1.NC(=O)C(N)=O. The molecule has 37 heavy (non-hydrogen) atoms. The standard InChI is InChI=1S/C25H26N4O.C2H4N2O2.ClH/c26-15-19-4-7-25-24(13-19)20(16-27-25)3-1-2-8-28-9-11-29(12-10-28)23-6-5-21-17-30-18-22(21)14-23;3-1(5)2(4)6;/h4-7,13-14,16-18,27H,1-3,8-12H2;(H2,3,5)(H2,4,6);1H. The van der Waals surface area contributed by atoms with Crippen LogP contribution < -0.4 is 16.4 Å². The lowest BCUT2D eigenvalue weighted by atomic mass is 10.1. The van der Waals surface area contributed by atoms with Crippen LogP contribution in [0.25, 0.3) is 21.7 Å². The molecule has 5 rings (SSSR count). The smallest absolute Gasteiger partial charge is 0.306 e. The molecule has 5 N–H and O–H groups in total. The Bertz CT molecular complexity index is 1390. The fourth-order valence-corrected chi connectivity index (χ4v) is 4.48. The Morgan fingerprint density at radius 3 is 2.41 bits per heavy atom. The van der Waals surface area contributed by atoms with Crippen LogP contribution in [0.3, 0.4) is 0 Å². The predicted octanol–water partition coefficient (Wildman–Crippen LogP) is 3.31. The second-order valence-electron chi connectivity index (χ2n) is 8.89. The van der Waals surface area contributed by atoms with Gasteiger partial charge in [-0.3, -0.25) is 14.5 Å². The molecule has 0 radical (unpaired) electrons. The number of aromatic nitrogens is 1. The summed E-state index contributed by atoms with van der Waals surface area (Å²) >= 11 is 0. The number of furan rings is 1. The summed E-state index contributed by atoms with van der Waals surface area (Å²) in [4.78, 5) is 27.3. The zero-order chi connectivity index (χ0) is 25.5. The van der Waals surface area contributed by atoms with Crippen LogP contribution in [-0.2, 0) is 16.0 Å². The van der Waals surface area contributed by atoms with Crippen LogP contribution in [0, 0.1) is 11.3 Å². The summed E-state index contributed by atoms with van der Waals surface area (Å²) < 4.78 is 5.30. The van der Waals surface area contributed by atoms with Crippen molar-refractivity contribution in [3.8, 4) is 6.07 Å². The summed E-state index contributed by atoms with van der Waals surface area (Å²) in [5, 5.41) is 12.7.